The number of hydrogen-bond donors (Lipinski definition) is 1. The molecular formula is C16H19N3. The van der Waals surface area contributed by atoms with Crippen molar-refractivity contribution in [2.45, 2.75) is 12.5 Å². The Morgan fingerprint density at radius 1 is 1.21 bits per heavy atom. The third-order valence-electron chi connectivity index (χ3n) is 3.68. The Balaban J connectivity index is 2.05. The summed E-state index contributed by atoms with van der Waals surface area (Å²) >= 11 is 0. The Labute approximate surface area is 114 Å². The monoisotopic (exact) mass is 253 g/mol. The number of nitrogens with one attached hydrogen (secondary N) is 1. The van der Waals surface area contributed by atoms with Gasteiger partial charge in [-0.3, -0.25) is 4.98 Å². The molecule has 3 heteroatoms. The van der Waals surface area contributed by atoms with E-state index in [4.69, 9.17) is 0 Å². The van der Waals surface area contributed by atoms with Crippen LogP contribution in [0.3, 0.4) is 0 Å². The quantitative estimate of drug-likeness (QED) is 0.890. The van der Waals surface area contributed by atoms with Crippen molar-refractivity contribution in [2.75, 3.05) is 25.5 Å². The van der Waals surface area contributed by atoms with Crippen molar-refractivity contribution in [1.29, 1.82) is 0 Å². The lowest BCUT2D eigenvalue weighted by molar-refractivity contribution is 0.557. The Morgan fingerprint density at radius 3 is 2.84 bits per heavy atom. The highest BCUT2D eigenvalue weighted by Crippen LogP contribution is 2.30. The summed E-state index contributed by atoms with van der Waals surface area (Å²) in [7, 11) is 4.15. The summed E-state index contributed by atoms with van der Waals surface area (Å²) in [5.41, 5.74) is 5.12. The third kappa shape index (κ3) is 2.34. The highest BCUT2D eigenvalue weighted by molar-refractivity contribution is 5.52. The number of rotatable bonds is 2. The molecule has 1 aromatic carbocycles. The molecule has 98 valence electrons. The van der Waals surface area contributed by atoms with Gasteiger partial charge in [0.05, 0.1) is 11.7 Å². The summed E-state index contributed by atoms with van der Waals surface area (Å²) in [6.45, 7) is 1.01. The summed E-state index contributed by atoms with van der Waals surface area (Å²) in [4.78, 5) is 6.64. The Kier molecular flexibility index (Phi) is 3.22. The van der Waals surface area contributed by atoms with Gasteiger partial charge in [0.2, 0.25) is 0 Å². The van der Waals surface area contributed by atoms with Crippen LogP contribution in [-0.2, 0) is 6.42 Å². The molecule has 3 rings (SSSR count). The molecule has 0 radical (unpaired) electrons. The molecule has 1 aromatic heterocycles. The number of pyridine rings is 1. The van der Waals surface area contributed by atoms with E-state index in [0.717, 1.165) is 18.7 Å². The minimum atomic E-state index is 0.213. The van der Waals surface area contributed by atoms with E-state index in [1.54, 1.807) is 0 Å². The molecule has 0 amide bonds. The second-order valence-electron chi connectivity index (χ2n) is 5.17. The second kappa shape index (κ2) is 5.02. The molecule has 0 bridgehead atoms. The van der Waals surface area contributed by atoms with Crippen LogP contribution >= 0.6 is 0 Å². The Morgan fingerprint density at radius 2 is 2.11 bits per heavy atom. The normalized spacial score (nSPS) is 17.9. The van der Waals surface area contributed by atoms with Crippen LogP contribution in [0.25, 0.3) is 0 Å². The van der Waals surface area contributed by atoms with E-state index in [9.17, 15) is 0 Å². The fourth-order valence-electron chi connectivity index (χ4n) is 2.63. The molecule has 2 heterocycles. The van der Waals surface area contributed by atoms with Gasteiger partial charge in [0.1, 0.15) is 0 Å². The minimum absolute atomic E-state index is 0.213. The van der Waals surface area contributed by atoms with Gasteiger partial charge in [-0.25, -0.2) is 0 Å². The standard InChI is InChI=1S/C16H19N3/c1-19(2)13-7-6-12-8-10-18-16(14(12)11-13)15-5-3-4-9-17-15/h3-7,9,11,16,18H,8,10H2,1-2H3. The smallest absolute Gasteiger partial charge is 0.0754 e. The fraction of sp³-hybridized carbons (Fsp3) is 0.312. The number of hydrogen-bond acceptors (Lipinski definition) is 3. The van der Waals surface area contributed by atoms with Gasteiger partial charge in [0.15, 0.2) is 0 Å². The summed E-state index contributed by atoms with van der Waals surface area (Å²) in [5.74, 6) is 0. The molecular weight excluding hydrogens is 234 g/mol. The maximum absolute atomic E-state index is 4.50. The Hall–Kier alpha value is -1.87. The predicted octanol–water partition coefficient (Wildman–Crippen LogP) is 2.38. The lowest BCUT2D eigenvalue weighted by atomic mass is 9.91. The third-order valence-corrected chi connectivity index (χ3v) is 3.68. The van der Waals surface area contributed by atoms with E-state index in [1.165, 1.54) is 16.8 Å². The van der Waals surface area contributed by atoms with Crippen LogP contribution in [0.4, 0.5) is 5.69 Å². The first-order valence-electron chi connectivity index (χ1n) is 6.70. The number of aromatic nitrogens is 1. The molecule has 0 fully saturated rings. The van der Waals surface area contributed by atoms with Gasteiger partial charge in [0, 0.05) is 32.5 Å². The molecule has 1 aliphatic heterocycles. The first-order chi connectivity index (χ1) is 9.25. The average Bonchev–Trinajstić information content (AvgIpc) is 2.47. The van der Waals surface area contributed by atoms with Crippen LogP contribution < -0.4 is 10.2 Å². The SMILES string of the molecule is CN(C)c1ccc2c(c1)C(c1ccccn1)NCC2. The number of anilines is 1. The van der Waals surface area contributed by atoms with E-state index in [1.807, 2.05) is 18.3 Å². The fourth-order valence-corrected chi connectivity index (χ4v) is 2.63. The number of fused-ring (bicyclic) bond motifs is 1. The zero-order chi connectivity index (χ0) is 13.2. The lowest BCUT2D eigenvalue weighted by Crippen LogP contribution is -2.31. The lowest BCUT2D eigenvalue weighted by Gasteiger charge is -2.28. The number of benzene rings is 1. The average molecular weight is 253 g/mol. The molecule has 1 N–H and O–H groups in total. The van der Waals surface area contributed by atoms with Crippen molar-refractivity contribution < 1.29 is 0 Å². The van der Waals surface area contributed by atoms with Crippen molar-refractivity contribution in [2.24, 2.45) is 0 Å². The van der Waals surface area contributed by atoms with Crippen LogP contribution in [0.1, 0.15) is 22.9 Å². The van der Waals surface area contributed by atoms with Gasteiger partial charge in [-0.05, 0) is 41.8 Å². The Bertz CT molecular complexity index is 563. The van der Waals surface area contributed by atoms with Crippen molar-refractivity contribution in [3.8, 4) is 0 Å². The van der Waals surface area contributed by atoms with Crippen molar-refractivity contribution in [3.05, 3.63) is 59.4 Å². The second-order valence-corrected chi connectivity index (χ2v) is 5.17. The first-order valence-corrected chi connectivity index (χ1v) is 6.70. The van der Waals surface area contributed by atoms with Gasteiger partial charge in [-0.2, -0.15) is 0 Å². The minimum Gasteiger partial charge on any atom is -0.378 e. The van der Waals surface area contributed by atoms with E-state index in [0.29, 0.717) is 0 Å². The van der Waals surface area contributed by atoms with Gasteiger partial charge < -0.3 is 10.2 Å². The molecule has 1 unspecified atom stereocenters. The van der Waals surface area contributed by atoms with Gasteiger partial charge in [-0.1, -0.05) is 12.1 Å². The van der Waals surface area contributed by atoms with Gasteiger partial charge >= 0.3 is 0 Å². The van der Waals surface area contributed by atoms with E-state index < -0.39 is 0 Å². The molecule has 19 heavy (non-hydrogen) atoms. The molecule has 0 aliphatic carbocycles. The highest BCUT2D eigenvalue weighted by Gasteiger charge is 2.22. The molecule has 2 aromatic rings. The summed E-state index contributed by atoms with van der Waals surface area (Å²) in [6, 6.07) is 13.0. The van der Waals surface area contributed by atoms with Crippen molar-refractivity contribution in [1.82, 2.24) is 10.3 Å². The van der Waals surface area contributed by atoms with Crippen molar-refractivity contribution >= 4 is 5.69 Å². The maximum Gasteiger partial charge on any atom is 0.0754 e. The van der Waals surface area contributed by atoms with Gasteiger partial charge in [0.25, 0.3) is 0 Å². The van der Waals surface area contributed by atoms with Crippen molar-refractivity contribution in [3.63, 3.8) is 0 Å². The van der Waals surface area contributed by atoms with Gasteiger partial charge in [-0.15, -0.1) is 0 Å². The molecule has 0 saturated carbocycles. The first kappa shape index (κ1) is 12.2. The summed E-state index contributed by atoms with van der Waals surface area (Å²) in [5, 5.41) is 3.58. The zero-order valence-electron chi connectivity index (χ0n) is 11.4. The van der Waals surface area contributed by atoms with E-state index >= 15 is 0 Å². The molecule has 1 atom stereocenters. The zero-order valence-corrected chi connectivity index (χ0v) is 11.4. The largest absolute Gasteiger partial charge is 0.378 e. The van der Waals surface area contributed by atoms with Crippen LogP contribution in [0, 0.1) is 0 Å². The predicted molar refractivity (Wildman–Crippen MR) is 78.6 cm³/mol. The summed E-state index contributed by atoms with van der Waals surface area (Å²) < 4.78 is 0. The topological polar surface area (TPSA) is 28.2 Å². The highest BCUT2D eigenvalue weighted by atomic mass is 15.1. The van der Waals surface area contributed by atoms with E-state index in [2.05, 4.69) is 53.6 Å². The maximum atomic E-state index is 4.50. The summed E-state index contributed by atoms with van der Waals surface area (Å²) in [6.07, 6.45) is 2.95. The van der Waals surface area contributed by atoms with E-state index in [-0.39, 0.29) is 6.04 Å². The molecule has 1 aliphatic rings. The number of nitrogens with zero attached hydrogens (tertiary/aromatic N) is 2. The molecule has 0 saturated heterocycles. The molecule has 0 spiro atoms. The molecule has 3 nitrogen and oxygen atoms in total. The van der Waals surface area contributed by atoms with Crippen LogP contribution in [0.15, 0.2) is 42.6 Å². The van der Waals surface area contributed by atoms with Crippen LogP contribution in [-0.4, -0.2) is 25.6 Å². The van der Waals surface area contributed by atoms with Crippen LogP contribution in [0.5, 0.6) is 0 Å². The van der Waals surface area contributed by atoms with Crippen LogP contribution in [0.2, 0.25) is 0 Å².